The first kappa shape index (κ1) is 19.9. The van der Waals surface area contributed by atoms with E-state index < -0.39 is 21.7 Å². The van der Waals surface area contributed by atoms with Gasteiger partial charge in [-0.25, -0.2) is 8.42 Å². The molecule has 0 spiro atoms. The number of aliphatic imine (C=N–C) groups is 1. The maximum atomic E-state index is 12.2. The second-order valence-corrected chi connectivity index (χ2v) is 10.4. The number of hydrogen-bond acceptors (Lipinski definition) is 6. The summed E-state index contributed by atoms with van der Waals surface area (Å²) in [5, 5.41) is 10.8. The van der Waals surface area contributed by atoms with Crippen LogP contribution in [0.5, 0.6) is 0 Å². The fourth-order valence-corrected chi connectivity index (χ4v) is 7.43. The number of benzene rings is 1. The maximum Gasteiger partial charge on any atom is 0.248 e. The van der Waals surface area contributed by atoms with Gasteiger partial charge in [-0.3, -0.25) is 4.79 Å². The maximum absolute atomic E-state index is 12.2. The van der Waals surface area contributed by atoms with Crippen LogP contribution in [0.2, 0.25) is 0 Å². The van der Waals surface area contributed by atoms with Crippen molar-refractivity contribution in [2.75, 3.05) is 16.4 Å². The van der Waals surface area contributed by atoms with Crippen LogP contribution in [0.1, 0.15) is 30.4 Å². The van der Waals surface area contributed by atoms with Crippen molar-refractivity contribution in [1.82, 2.24) is 0 Å². The molecule has 1 aromatic rings. The Labute approximate surface area is 162 Å². The predicted molar refractivity (Wildman–Crippen MR) is 104 cm³/mol. The van der Waals surface area contributed by atoms with Crippen molar-refractivity contribution >= 4 is 44.3 Å². The molecule has 2 aliphatic rings. The number of thioether (sulfide) groups is 1. The third-order valence-corrected chi connectivity index (χ3v) is 7.75. The molecule has 0 saturated carbocycles. The van der Waals surface area contributed by atoms with E-state index in [-0.39, 0.29) is 42.1 Å². The Hall–Kier alpha value is -1.87. The highest BCUT2D eigenvalue weighted by atomic mass is 32.2. The lowest BCUT2D eigenvalue weighted by atomic mass is 10.1. The number of carbonyl (C=O) groups is 2. The number of amides is 1. The third-order valence-electron chi connectivity index (χ3n) is 4.54. The van der Waals surface area contributed by atoms with Crippen LogP contribution < -0.4 is 10.0 Å². The summed E-state index contributed by atoms with van der Waals surface area (Å²) in [6.45, 7) is 3.93. The molecule has 0 aliphatic carbocycles. The quantitative estimate of drug-likeness (QED) is 0.709. The Balaban J connectivity index is 1.89. The van der Waals surface area contributed by atoms with E-state index in [4.69, 9.17) is 0 Å². The molecule has 146 valence electrons. The van der Waals surface area contributed by atoms with Crippen molar-refractivity contribution in [2.24, 2.45) is 4.99 Å². The Morgan fingerprint density at radius 1 is 1.19 bits per heavy atom. The molecule has 27 heavy (non-hydrogen) atoms. The number of carboxylic acids is 1. The van der Waals surface area contributed by atoms with Gasteiger partial charge in [-0.2, -0.15) is 4.99 Å². The molecule has 1 amide bonds. The Kier molecular flexibility index (Phi) is 5.62. The molecule has 0 aromatic heterocycles. The molecule has 0 unspecified atom stereocenters. The highest BCUT2D eigenvalue weighted by Crippen LogP contribution is 2.41. The van der Waals surface area contributed by atoms with Crippen LogP contribution in [0.15, 0.2) is 23.2 Å². The highest BCUT2D eigenvalue weighted by Gasteiger charge is 2.49. The SMILES string of the molecule is Cc1cc(C)cc(N2C(=NC(=O)CCCC(=O)[O-])S[C@@H]3CS(=O)(=O)C[C@@H]32)c1. The molecule has 2 aliphatic heterocycles. The van der Waals surface area contributed by atoms with Crippen LogP contribution in [0, 0.1) is 13.8 Å². The fraction of sp³-hybridized carbons (Fsp3) is 0.500. The number of hydrogen-bond donors (Lipinski definition) is 0. The largest absolute Gasteiger partial charge is 0.550 e. The van der Waals surface area contributed by atoms with Gasteiger partial charge in [-0.05, 0) is 49.9 Å². The fourth-order valence-electron chi connectivity index (χ4n) is 3.50. The zero-order valence-electron chi connectivity index (χ0n) is 15.2. The van der Waals surface area contributed by atoms with Crippen molar-refractivity contribution in [2.45, 2.75) is 44.4 Å². The summed E-state index contributed by atoms with van der Waals surface area (Å²) >= 11 is 1.31. The highest BCUT2D eigenvalue weighted by molar-refractivity contribution is 8.16. The van der Waals surface area contributed by atoms with E-state index in [2.05, 4.69) is 4.99 Å². The van der Waals surface area contributed by atoms with Gasteiger partial charge in [0.2, 0.25) is 5.91 Å². The van der Waals surface area contributed by atoms with Crippen molar-refractivity contribution in [3.05, 3.63) is 29.3 Å². The molecule has 0 bridgehead atoms. The lowest BCUT2D eigenvalue weighted by Gasteiger charge is -2.25. The molecular weight excluding hydrogens is 388 g/mol. The minimum Gasteiger partial charge on any atom is -0.550 e. The van der Waals surface area contributed by atoms with Gasteiger partial charge < -0.3 is 14.8 Å². The second-order valence-electron chi connectivity index (χ2n) is 7.03. The Morgan fingerprint density at radius 3 is 2.48 bits per heavy atom. The molecule has 2 atom stereocenters. The predicted octanol–water partition coefficient (Wildman–Crippen LogP) is 0.825. The summed E-state index contributed by atoms with van der Waals surface area (Å²) in [4.78, 5) is 28.7. The van der Waals surface area contributed by atoms with Crippen LogP contribution >= 0.6 is 11.8 Å². The van der Waals surface area contributed by atoms with Gasteiger partial charge in [-0.1, -0.05) is 17.8 Å². The monoisotopic (exact) mass is 409 g/mol. The number of carboxylic acid groups (broad SMARTS) is 1. The number of anilines is 1. The summed E-state index contributed by atoms with van der Waals surface area (Å²) in [5.41, 5.74) is 2.91. The number of rotatable bonds is 5. The van der Waals surface area contributed by atoms with E-state index in [9.17, 15) is 23.1 Å². The number of carbonyl (C=O) groups excluding carboxylic acids is 2. The average molecular weight is 410 g/mol. The number of sulfone groups is 1. The first-order valence-electron chi connectivity index (χ1n) is 8.70. The van der Waals surface area contributed by atoms with Crippen LogP contribution in [0.25, 0.3) is 0 Å². The van der Waals surface area contributed by atoms with E-state index >= 15 is 0 Å². The number of fused-ring (bicyclic) bond motifs is 1. The van der Waals surface area contributed by atoms with Crippen molar-refractivity contribution in [1.29, 1.82) is 0 Å². The standard InChI is InChI=1S/C18H22N2O5S2/c1-11-6-12(2)8-13(7-11)20-14-9-27(24,25)10-15(14)26-18(20)19-16(21)4-3-5-17(22)23/h6-8,14-15H,3-5,9-10H2,1-2H3,(H,22,23)/p-1/t14-,15+/m0/s1. The molecule has 0 radical (unpaired) electrons. The van der Waals surface area contributed by atoms with Gasteiger partial charge in [-0.15, -0.1) is 0 Å². The molecule has 2 heterocycles. The van der Waals surface area contributed by atoms with Crippen molar-refractivity contribution in [3.8, 4) is 0 Å². The molecule has 2 saturated heterocycles. The van der Waals surface area contributed by atoms with Crippen LogP contribution in [0.4, 0.5) is 5.69 Å². The summed E-state index contributed by atoms with van der Waals surface area (Å²) in [6.07, 6.45) is 0.00772. The molecule has 7 nitrogen and oxygen atoms in total. The van der Waals surface area contributed by atoms with Gasteiger partial charge in [0.05, 0.1) is 17.5 Å². The number of amidine groups is 1. The molecule has 9 heteroatoms. The first-order valence-corrected chi connectivity index (χ1v) is 11.4. The molecular formula is C18H21N2O5S2-. The molecule has 3 rings (SSSR count). The number of aryl methyl sites for hydroxylation is 2. The summed E-state index contributed by atoms with van der Waals surface area (Å²) in [5.74, 6) is -1.49. The lowest BCUT2D eigenvalue weighted by molar-refractivity contribution is -0.305. The third kappa shape index (κ3) is 4.70. The van der Waals surface area contributed by atoms with Gasteiger partial charge in [0.25, 0.3) is 0 Å². The smallest absolute Gasteiger partial charge is 0.248 e. The van der Waals surface area contributed by atoms with Crippen molar-refractivity contribution < 1.29 is 23.1 Å². The zero-order valence-corrected chi connectivity index (χ0v) is 16.8. The van der Waals surface area contributed by atoms with E-state index in [1.807, 2.05) is 36.9 Å². The second kappa shape index (κ2) is 7.63. The minimum absolute atomic E-state index is 0.0202. The van der Waals surface area contributed by atoms with Crippen LogP contribution in [-0.4, -0.2) is 48.3 Å². The van der Waals surface area contributed by atoms with Gasteiger partial charge in [0, 0.05) is 23.3 Å². The first-order chi connectivity index (χ1) is 12.6. The number of nitrogens with zero attached hydrogens (tertiary/aromatic N) is 2. The molecule has 0 N–H and O–H groups in total. The zero-order chi connectivity index (χ0) is 19.8. The van der Waals surface area contributed by atoms with Gasteiger partial charge >= 0.3 is 0 Å². The van der Waals surface area contributed by atoms with Crippen LogP contribution in [-0.2, 0) is 19.4 Å². The topological polar surface area (TPSA) is 107 Å². The normalized spacial score (nSPS) is 25.0. The molecule has 2 fully saturated rings. The van der Waals surface area contributed by atoms with E-state index in [1.165, 1.54) is 11.8 Å². The van der Waals surface area contributed by atoms with Gasteiger partial charge in [0.1, 0.15) is 0 Å². The van der Waals surface area contributed by atoms with Gasteiger partial charge in [0.15, 0.2) is 15.0 Å². The Morgan fingerprint density at radius 2 is 1.85 bits per heavy atom. The average Bonchev–Trinajstić information content (AvgIpc) is 2.96. The summed E-state index contributed by atoms with van der Waals surface area (Å²) in [6, 6.07) is 5.68. The van der Waals surface area contributed by atoms with Crippen molar-refractivity contribution in [3.63, 3.8) is 0 Å². The minimum atomic E-state index is -3.12. The van der Waals surface area contributed by atoms with Crippen LogP contribution in [0.3, 0.4) is 0 Å². The summed E-state index contributed by atoms with van der Waals surface area (Å²) in [7, 11) is -3.12. The van der Waals surface area contributed by atoms with E-state index in [0.29, 0.717) is 5.17 Å². The molecule has 1 aromatic carbocycles. The van der Waals surface area contributed by atoms with E-state index in [0.717, 1.165) is 16.8 Å². The Bertz CT molecular complexity index is 890. The van der Waals surface area contributed by atoms with E-state index in [1.54, 1.807) is 0 Å². The lowest BCUT2D eigenvalue weighted by Crippen LogP contribution is -2.37. The number of aliphatic carboxylic acids is 1. The summed E-state index contributed by atoms with van der Waals surface area (Å²) < 4.78 is 24.2.